The molecule has 134 valence electrons. The summed E-state index contributed by atoms with van der Waals surface area (Å²) in [5.74, 6) is 1.11. The van der Waals surface area contributed by atoms with Crippen molar-refractivity contribution in [3.05, 3.63) is 28.8 Å². The highest BCUT2D eigenvalue weighted by Gasteiger charge is 2.60. The van der Waals surface area contributed by atoms with Gasteiger partial charge in [-0.2, -0.15) is 0 Å². The van der Waals surface area contributed by atoms with Gasteiger partial charge in [-0.3, -0.25) is 13.9 Å². The van der Waals surface area contributed by atoms with Gasteiger partial charge in [0.2, 0.25) is 5.91 Å². The SMILES string of the molecule is Cn1c(=O)n(CC(=O)N[C@@]2(C)[C@H]3CC[C@@H](C3)C2(C)C)c2cccnc21. The molecule has 2 bridgehead atoms. The number of hydrogen-bond donors (Lipinski definition) is 1. The molecular formula is C19H26N4O2. The molecule has 2 saturated carbocycles. The van der Waals surface area contributed by atoms with Crippen molar-refractivity contribution in [1.82, 2.24) is 19.4 Å². The Morgan fingerprint density at radius 3 is 2.72 bits per heavy atom. The molecule has 2 aliphatic rings. The first-order valence-electron chi connectivity index (χ1n) is 9.07. The summed E-state index contributed by atoms with van der Waals surface area (Å²) >= 11 is 0. The Balaban J connectivity index is 1.62. The highest BCUT2D eigenvalue weighted by molar-refractivity contribution is 5.80. The molecule has 0 aromatic carbocycles. The van der Waals surface area contributed by atoms with Crippen LogP contribution in [0.2, 0.25) is 0 Å². The molecule has 1 N–H and O–H groups in total. The summed E-state index contributed by atoms with van der Waals surface area (Å²) in [7, 11) is 1.69. The minimum atomic E-state index is -0.209. The quantitative estimate of drug-likeness (QED) is 0.928. The second-order valence-corrected chi connectivity index (χ2v) is 8.45. The fourth-order valence-corrected chi connectivity index (χ4v) is 5.23. The van der Waals surface area contributed by atoms with Gasteiger partial charge in [0.1, 0.15) is 6.54 Å². The molecule has 1 amide bonds. The number of carbonyl (C=O) groups is 1. The molecule has 2 aromatic rings. The van der Waals surface area contributed by atoms with Gasteiger partial charge in [-0.05, 0) is 55.6 Å². The van der Waals surface area contributed by atoms with E-state index in [2.05, 4.69) is 31.1 Å². The molecule has 6 nitrogen and oxygen atoms in total. The maximum Gasteiger partial charge on any atom is 0.330 e. The second kappa shape index (κ2) is 5.19. The number of aromatic nitrogens is 3. The maximum atomic E-state index is 12.8. The van der Waals surface area contributed by atoms with Crippen molar-refractivity contribution in [3.8, 4) is 0 Å². The number of amides is 1. The molecule has 0 aliphatic heterocycles. The fraction of sp³-hybridized carbons (Fsp3) is 0.632. The van der Waals surface area contributed by atoms with E-state index in [9.17, 15) is 9.59 Å². The summed E-state index contributed by atoms with van der Waals surface area (Å²) in [6.07, 6.45) is 5.30. The first kappa shape index (κ1) is 16.4. The Labute approximate surface area is 147 Å². The Bertz CT molecular complexity index is 910. The van der Waals surface area contributed by atoms with Gasteiger partial charge in [0.25, 0.3) is 0 Å². The lowest BCUT2D eigenvalue weighted by atomic mass is 9.64. The molecule has 0 unspecified atom stereocenters. The van der Waals surface area contributed by atoms with E-state index in [1.807, 2.05) is 6.07 Å². The zero-order valence-electron chi connectivity index (χ0n) is 15.4. The standard InChI is InChI=1S/C19H26N4O2/c1-18(2)12-7-8-13(10-12)19(18,3)21-15(24)11-23-14-6-5-9-20-16(14)22(4)17(23)25/h5-6,9,12-13H,7-8,10-11H2,1-4H3,(H,21,24)/t12-,13-,19-/m0/s1. The highest BCUT2D eigenvalue weighted by Crippen LogP contribution is 2.61. The zero-order chi connectivity index (χ0) is 18.0. The molecule has 2 fully saturated rings. The minimum Gasteiger partial charge on any atom is -0.349 e. The fourth-order valence-electron chi connectivity index (χ4n) is 5.23. The number of nitrogens with one attached hydrogen (secondary N) is 1. The van der Waals surface area contributed by atoms with Crippen LogP contribution in [0.4, 0.5) is 0 Å². The van der Waals surface area contributed by atoms with Crippen LogP contribution >= 0.6 is 0 Å². The van der Waals surface area contributed by atoms with Crippen LogP contribution < -0.4 is 11.0 Å². The van der Waals surface area contributed by atoms with Gasteiger partial charge in [-0.25, -0.2) is 9.78 Å². The van der Waals surface area contributed by atoms with Crippen LogP contribution in [-0.2, 0) is 18.4 Å². The second-order valence-electron chi connectivity index (χ2n) is 8.45. The number of nitrogens with zero attached hydrogens (tertiary/aromatic N) is 3. The van der Waals surface area contributed by atoms with Crippen molar-refractivity contribution in [1.29, 1.82) is 0 Å². The topological polar surface area (TPSA) is 68.9 Å². The lowest BCUT2D eigenvalue weighted by Crippen LogP contribution is -2.59. The van der Waals surface area contributed by atoms with E-state index in [1.54, 1.807) is 19.3 Å². The summed E-state index contributed by atoms with van der Waals surface area (Å²) in [5.41, 5.74) is 0.964. The van der Waals surface area contributed by atoms with Crippen molar-refractivity contribution in [2.24, 2.45) is 24.3 Å². The Morgan fingerprint density at radius 1 is 1.32 bits per heavy atom. The van der Waals surface area contributed by atoms with E-state index in [-0.39, 0.29) is 29.1 Å². The van der Waals surface area contributed by atoms with E-state index in [0.29, 0.717) is 23.0 Å². The number of hydrogen-bond acceptors (Lipinski definition) is 3. The average molecular weight is 342 g/mol. The van der Waals surface area contributed by atoms with Gasteiger partial charge in [-0.15, -0.1) is 0 Å². The van der Waals surface area contributed by atoms with Crippen molar-refractivity contribution in [2.45, 2.75) is 52.1 Å². The van der Waals surface area contributed by atoms with Crippen LogP contribution in [0.5, 0.6) is 0 Å². The van der Waals surface area contributed by atoms with E-state index in [1.165, 1.54) is 28.4 Å². The number of imidazole rings is 1. The predicted molar refractivity (Wildman–Crippen MR) is 96.1 cm³/mol. The third-order valence-corrected chi connectivity index (χ3v) is 7.20. The molecule has 6 heteroatoms. The molecule has 3 atom stereocenters. The highest BCUT2D eigenvalue weighted by atomic mass is 16.2. The van der Waals surface area contributed by atoms with Crippen LogP contribution in [0.15, 0.2) is 23.1 Å². The lowest BCUT2D eigenvalue weighted by Gasteiger charge is -2.48. The smallest absolute Gasteiger partial charge is 0.330 e. The van der Waals surface area contributed by atoms with Gasteiger partial charge in [0.15, 0.2) is 5.65 Å². The van der Waals surface area contributed by atoms with Crippen LogP contribution in [0, 0.1) is 17.3 Å². The molecular weight excluding hydrogens is 316 g/mol. The van der Waals surface area contributed by atoms with Crippen molar-refractivity contribution in [2.75, 3.05) is 0 Å². The monoisotopic (exact) mass is 342 g/mol. The Morgan fingerprint density at radius 2 is 2.04 bits per heavy atom. The predicted octanol–water partition coefficient (Wildman–Crippen LogP) is 2.07. The van der Waals surface area contributed by atoms with Gasteiger partial charge in [0, 0.05) is 18.8 Å². The molecule has 25 heavy (non-hydrogen) atoms. The molecule has 0 radical (unpaired) electrons. The summed E-state index contributed by atoms with van der Waals surface area (Å²) in [5, 5.41) is 3.30. The minimum absolute atomic E-state index is 0.0327. The van der Waals surface area contributed by atoms with E-state index < -0.39 is 0 Å². The summed E-state index contributed by atoms with van der Waals surface area (Å²) < 4.78 is 3.01. The van der Waals surface area contributed by atoms with E-state index >= 15 is 0 Å². The van der Waals surface area contributed by atoms with Crippen LogP contribution in [0.3, 0.4) is 0 Å². The molecule has 0 spiro atoms. The summed E-state index contributed by atoms with van der Waals surface area (Å²) in [4.78, 5) is 29.6. The molecule has 2 aromatic heterocycles. The summed E-state index contributed by atoms with van der Waals surface area (Å²) in [6.45, 7) is 6.75. The van der Waals surface area contributed by atoms with Gasteiger partial charge in [-0.1, -0.05) is 13.8 Å². The van der Waals surface area contributed by atoms with Crippen LogP contribution in [0.25, 0.3) is 11.2 Å². The summed E-state index contributed by atoms with van der Waals surface area (Å²) in [6, 6.07) is 3.62. The molecule has 2 aliphatic carbocycles. The number of carbonyl (C=O) groups excluding carboxylic acids is 1. The van der Waals surface area contributed by atoms with Crippen LogP contribution in [0.1, 0.15) is 40.0 Å². The van der Waals surface area contributed by atoms with E-state index in [4.69, 9.17) is 0 Å². The third kappa shape index (κ3) is 2.12. The number of aryl methyl sites for hydroxylation is 1. The van der Waals surface area contributed by atoms with Gasteiger partial charge in [0.05, 0.1) is 5.52 Å². The third-order valence-electron chi connectivity index (χ3n) is 7.20. The van der Waals surface area contributed by atoms with Gasteiger partial charge < -0.3 is 5.32 Å². The van der Waals surface area contributed by atoms with E-state index in [0.717, 1.165) is 0 Å². The Hall–Kier alpha value is -2.11. The maximum absolute atomic E-state index is 12.8. The first-order chi connectivity index (χ1) is 11.8. The van der Waals surface area contributed by atoms with Crippen molar-refractivity contribution in [3.63, 3.8) is 0 Å². The lowest BCUT2D eigenvalue weighted by molar-refractivity contribution is -0.126. The normalized spacial score (nSPS) is 30.1. The molecule has 2 heterocycles. The average Bonchev–Trinajstić information content (AvgIpc) is 3.20. The Kier molecular flexibility index (Phi) is 3.40. The molecule has 0 saturated heterocycles. The number of fused-ring (bicyclic) bond motifs is 3. The largest absolute Gasteiger partial charge is 0.349 e. The van der Waals surface area contributed by atoms with Crippen molar-refractivity contribution < 1.29 is 4.79 Å². The van der Waals surface area contributed by atoms with Gasteiger partial charge >= 0.3 is 5.69 Å². The van der Waals surface area contributed by atoms with Crippen molar-refractivity contribution >= 4 is 17.1 Å². The zero-order valence-corrected chi connectivity index (χ0v) is 15.4. The molecule has 4 rings (SSSR count). The number of pyridine rings is 1. The number of rotatable bonds is 3. The first-order valence-corrected chi connectivity index (χ1v) is 9.07. The van der Waals surface area contributed by atoms with Crippen LogP contribution in [-0.4, -0.2) is 25.6 Å².